The topological polar surface area (TPSA) is 49.8 Å². The van der Waals surface area contributed by atoms with Gasteiger partial charge in [-0.3, -0.25) is 4.90 Å². The molecule has 2 aliphatic rings. The van der Waals surface area contributed by atoms with E-state index in [4.69, 9.17) is 4.74 Å². The first-order chi connectivity index (χ1) is 15.2. The number of carbonyl (C=O) groups is 1. The number of thioether (sulfide) groups is 1. The van der Waals surface area contributed by atoms with Crippen LogP contribution >= 0.6 is 11.8 Å². The number of nitrogens with zero attached hydrogens (tertiary/aromatic N) is 1. The zero-order valence-corrected chi connectivity index (χ0v) is 19.1. The Labute approximate surface area is 190 Å². The molecule has 5 heteroatoms. The summed E-state index contributed by atoms with van der Waals surface area (Å²) >= 11 is 1.98. The molecule has 0 bridgehead atoms. The van der Waals surface area contributed by atoms with Crippen molar-refractivity contribution in [2.45, 2.75) is 51.0 Å². The molecule has 2 aromatic rings. The van der Waals surface area contributed by atoms with Crippen molar-refractivity contribution in [1.29, 1.82) is 0 Å². The molecule has 166 valence electrons. The van der Waals surface area contributed by atoms with Crippen LogP contribution in [-0.4, -0.2) is 59.1 Å². The zero-order valence-electron chi connectivity index (χ0n) is 18.3. The lowest BCUT2D eigenvalue weighted by atomic mass is 9.94. The Bertz CT molecular complexity index is 833. The lowest BCUT2D eigenvalue weighted by Gasteiger charge is -2.37. The van der Waals surface area contributed by atoms with Crippen LogP contribution in [0, 0.1) is 12.8 Å². The van der Waals surface area contributed by atoms with Crippen LogP contribution < -0.4 is 0 Å². The summed E-state index contributed by atoms with van der Waals surface area (Å²) in [6, 6.07) is 17.2. The second-order valence-electron chi connectivity index (χ2n) is 8.76. The molecule has 4 atom stereocenters. The molecular weight excluding hydrogens is 406 g/mol. The van der Waals surface area contributed by atoms with Crippen molar-refractivity contribution in [3.63, 3.8) is 0 Å². The minimum atomic E-state index is -0.381. The predicted molar refractivity (Wildman–Crippen MR) is 127 cm³/mol. The molecule has 0 unspecified atom stereocenters. The van der Waals surface area contributed by atoms with E-state index in [1.54, 1.807) is 0 Å². The van der Waals surface area contributed by atoms with E-state index in [1.165, 1.54) is 16.7 Å². The fourth-order valence-electron chi connectivity index (χ4n) is 5.00. The largest absolute Gasteiger partial charge is 0.391 e. The maximum absolute atomic E-state index is 11.1. The number of carbonyl (C=O) groups excluding carboxylic acids is 1. The van der Waals surface area contributed by atoms with E-state index >= 15 is 0 Å². The van der Waals surface area contributed by atoms with Crippen molar-refractivity contribution in [2.75, 3.05) is 24.6 Å². The lowest BCUT2D eigenvalue weighted by molar-refractivity contribution is -0.108. The molecule has 1 aliphatic heterocycles. The van der Waals surface area contributed by atoms with Crippen LogP contribution in [0.1, 0.15) is 30.4 Å². The third-order valence-electron chi connectivity index (χ3n) is 6.67. The molecule has 31 heavy (non-hydrogen) atoms. The van der Waals surface area contributed by atoms with E-state index in [9.17, 15) is 9.90 Å². The lowest BCUT2D eigenvalue weighted by Crippen LogP contribution is -2.49. The van der Waals surface area contributed by atoms with Gasteiger partial charge in [0, 0.05) is 49.4 Å². The smallest absolute Gasteiger partial charge is 0.120 e. The molecule has 0 radical (unpaired) electrons. The number of hydrogen-bond donors (Lipinski definition) is 1. The van der Waals surface area contributed by atoms with Crippen molar-refractivity contribution < 1.29 is 14.6 Å². The third kappa shape index (κ3) is 5.58. The summed E-state index contributed by atoms with van der Waals surface area (Å²) < 4.78 is 6.34. The van der Waals surface area contributed by atoms with Crippen molar-refractivity contribution in [3.8, 4) is 11.1 Å². The Morgan fingerprint density at radius 2 is 1.71 bits per heavy atom. The van der Waals surface area contributed by atoms with Crippen LogP contribution in [0.5, 0.6) is 0 Å². The Balaban J connectivity index is 1.40. The maximum Gasteiger partial charge on any atom is 0.120 e. The Hall–Kier alpha value is -1.66. The highest BCUT2D eigenvalue weighted by Gasteiger charge is 2.45. The monoisotopic (exact) mass is 439 g/mol. The molecule has 2 fully saturated rings. The summed E-state index contributed by atoms with van der Waals surface area (Å²) in [5.74, 6) is 2.43. The molecular formula is C26H33NO3S. The highest BCUT2D eigenvalue weighted by molar-refractivity contribution is 7.99. The van der Waals surface area contributed by atoms with Gasteiger partial charge in [-0.25, -0.2) is 0 Å². The first-order valence-electron chi connectivity index (χ1n) is 11.4. The summed E-state index contributed by atoms with van der Waals surface area (Å²) in [5, 5.41) is 10.8. The van der Waals surface area contributed by atoms with Crippen LogP contribution in [0.2, 0.25) is 0 Å². The normalized spacial score (nSPS) is 26.8. The van der Waals surface area contributed by atoms with Gasteiger partial charge in [0.1, 0.15) is 6.29 Å². The molecule has 4 rings (SSSR count). The van der Waals surface area contributed by atoms with Crippen molar-refractivity contribution in [2.24, 2.45) is 5.92 Å². The van der Waals surface area contributed by atoms with E-state index < -0.39 is 0 Å². The van der Waals surface area contributed by atoms with Crippen LogP contribution in [0.3, 0.4) is 0 Å². The van der Waals surface area contributed by atoms with Crippen molar-refractivity contribution in [3.05, 3.63) is 59.7 Å². The second kappa shape index (κ2) is 10.8. The van der Waals surface area contributed by atoms with Crippen molar-refractivity contribution >= 4 is 18.0 Å². The minimum absolute atomic E-state index is 0.00805. The SMILES string of the molecule is Cc1ccc(-c2ccc(CO[C@@H]3C[C@H](O)[C@@H](N4CCSCC4)[C@@H]3CCC=O)cc2)cc1. The number of aliphatic hydroxyl groups is 1. The number of rotatable bonds is 8. The molecule has 0 spiro atoms. The van der Waals surface area contributed by atoms with Crippen LogP contribution in [0.25, 0.3) is 11.1 Å². The first kappa shape index (κ1) is 22.5. The predicted octanol–water partition coefficient (Wildman–Crippen LogP) is 4.32. The van der Waals surface area contributed by atoms with E-state index in [2.05, 4.69) is 60.4 Å². The summed E-state index contributed by atoms with van der Waals surface area (Å²) in [7, 11) is 0. The summed E-state index contributed by atoms with van der Waals surface area (Å²) in [4.78, 5) is 13.5. The third-order valence-corrected chi connectivity index (χ3v) is 7.61. The number of aryl methyl sites for hydroxylation is 1. The fourth-order valence-corrected chi connectivity index (χ4v) is 5.93. The molecule has 1 saturated carbocycles. The van der Waals surface area contributed by atoms with Crippen LogP contribution in [0.4, 0.5) is 0 Å². The Kier molecular flexibility index (Phi) is 7.83. The Morgan fingerprint density at radius 1 is 1.06 bits per heavy atom. The summed E-state index contributed by atoms with van der Waals surface area (Å²) in [6.07, 6.45) is 2.57. The summed E-state index contributed by atoms with van der Waals surface area (Å²) in [6.45, 7) is 4.65. The van der Waals surface area contributed by atoms with Gasteiger partial charge in [-0.2, -0.15) is 11.8 Å². The molecule has 1 saturated heterocycles. The average molecular weight is 440 g/mol. The molecule has 1 heterocycles. The average Bonchev–Trinajstić information content (AvgIpc) is 3.12. The van der Waals surface area contributed by atoms with Crippen LogP contribution in [-0.2, 0) is 16.1 Å². The van der Waals surface area contributed by atoms with Gasteiger partial charge in [0.05, 0.1) is 18.8 Å². The van der Waals surface area contributed by atoms with Gasteiger partial charge in [-0.1, -0.05) is 54.1 Å². The van der Waals surface area contributed by atoms with Crippen molar-refractivity contribution in [1.82, 2.24) is 4.90 Å². The number of aldehydes is 1. The van der Waals surface area contributed by atoms with Gasteiger partial charge in [0.15, 0.2) is 0 Å². The van der Waals surface area contributed by atoms with Crippen LogP contribution in [0.15, 0.2) is 48.5 Å². The zero-order chi connectivity index (χ0) is 21.6. The van der Waals surface area contributed by atoms with E-state index in [1.807, 2.05) is 11.8 Å². The number of aliphatic hydroxyl groups excluding tert-OH is 1. The number of hydrogen-bond acceptors (Lipinski definition) is 5. The quantitative estimate of drug-likeness (QED) is 0.621. The molecule has 4 nitrogen and oxygen atoms in total. The Morgan fingerprint density at radius 3 is 2.35 bits per heavy atom. The van der Waals surface area contributed by atoms with Gasteiger partial charge in [0.25, 0.3) is 0 Å². The highest BCUT2D eigenvalue weighted by atomic mass is 32.2. The minimum Gasteiger partial charge on any atom is -0.391 e. The van der Waals surface area contributed by atoms with E-state index in [0.717, 1.165) is 42.9 Å². The number of benzene rings is 2. The maximum atomic E-state index is 11.1. The molecule has 1 N–H and O–H groups in total. The molecule has 0 amide bonds. The van der Waals surface area contributed by atoms with Gasteiger partial charge < -0.3 is 14.6 Å². The standard InChI is InChI=1S/C26H33NO3S/c1-19-4-8-21(9-5-19)22-10-6-20(7-11-22)18-30-25-17-24(29)26(23(25)3-2-14-28)27-12-15-31-16-13-27/h4-11,14,23-26,29H,2-3,12-13,15-18H2,1H3/t23-,24+,25-,26+/m1/s1. The molecule has 1 aliphatic carbocycles. The first-order valence-corrected chi connectivity index (χ1v) is 12.5. The molecule has 2 aromatic carbocycles. The van der Waals surface area contributed by atoms with E-state index in [-0.39, 0.29) is 24.2 Å². The van der Waals surface area contributed by atoms with Gasteiger partial charge in [0.2, 0.25) is 0 Å². The number of ether oxygens (including phenoxy) is 1. The molecule has 0 aromatic heterocycles. The fraction of sp³-hybridized carbons (Fsp3) is 0.500. The second-order valence-corrected chi connectivity index (χ2v) is 9.99. The van der Waals surface area contributed by atoms with E-state index in [0.29, 0.717) is 19.4 Å². The van der Waals surface area contributed by atoms with Gasteiger partial charge in [-0.05, 0) is 30.0 Å². The van der Waals surface area contributed by atoms with Gasteiger partial charge >= 0.3 is 0 Å². The summed E-state index contributed by atoms with van der Waals surface area (Å²) in [5.41, 5.74) is 4.82. The highest BCUT2D eigenvalue weighted by Crippen LogP contribution is 2.37. The van der Waals surface area contributed by atoms with Gasteiger partial charge in [-0.15, -0.1) is 0 Å².